The second-order valence-corrected chi connectivity index (χ2v) is 5.78. The molecule has 1 N–H and O–H groups in total. The van der Waals surface area contributed by atoms with Gasteiger partial charge in [-0.1, -0.05) is 30.3 Å². The van der Waals surface area contributed by atoms with Gasteiger partial charge in [0.25, 0.3) is 0 Å². The van der Waals surface area contributed by atoms with Crippen LogP contribution in [0, 0.1) is 5.92 Å². The predicted octanol–water partition coefficient (Wildman–Crippen LogP) is 3.16. The smallest absolute Gasteiger partial charge is 0.174 e. The summed E-state index contributed by atoms with van der Waals surface area (Å²) in [6.07, 6.45) is 2.39. The Bertz CT molecular complexity index is 408. The number of benzene rings is 1. The highest BCUT2D eigenvalue weighted by molar-refractivity contribution is 5.16. The number of rotatable bonds is 8. The fourth-order valence-corrected chi connectivity index (χ4v) is 2.98. The van der Waals surface area contributed by atoms with Gasteiger partial charge in [-0.2, -0.15) is 0 Å². The summed E-state index contributed by atoms with van der Waals surface area (Å²) < 4.78 is 11.5. The summed E-state index contributed by atoms with van der Waals surface area (Å²) in [6, 6.07) is 10.3. The third-order valence-electron chi connectivity index (χ3n) is 4.15. The summed E-state index contributed by atoms with van der Waals surface area (Å²) in [6.45, 7) is 7.07. The van der Waals surface area contributed by atoms with Crippen LogP contribution in [0.3, 0.4) is 0 Å². The van der Waals surface area contributed by atoms with Crippen molar-refractivity contribution in [2.45, 2.75) is 51.4 Å². The molecule has 0 radical (unpaired) electrons. The topological polar surface area (TPSA) is 38.7 Å². The molecule has 2 atom stereocenters. The molecule has 1 aromatic rings. The molecule has 0 aliphatic heterocycles. The SMILES string of the molecule is CCOC1(OCC)CC1C(C)(O)CCc1ccccc1. The zero-order valence-corrected chi connectivity index (χ0v) is 12.8. The van der Waals surface area contributed by atoms with Gasteiger partial charge in [0.05, 0.1) is 5.60 Å². The summed E-state index contributed by atoms with van der Waals surface area (Å²) in [5, 5.41) is 10.7. The molecule has 1 aliphatic rings. The summed E-state index contributed by atoms with van der Waals surface area (Å²) >= 11 is 0. The van der Waals surface area contributed by atoms with Crippen molar-refractivity contribution in [2.75, 3.05) is 13.2 Å². The number of ether oxygens (including phenoxy) is 2. The molecule has 0 amide bonds. The van der Waals surface area contributed by atoms with Gasteiger partial charge in [-0.3, -0.25) is 0 Å². The van der Waals surface area contributed by atoms with Crippen molar-refractivity contribution >= 4 is 0 Å². The van der Waals surface area contributed by atoms with Crippen molar-refractivity contribution in [3.05, 3.63) is 35.9 Å². The van der Waals surface area contributed by atoms with E-state index in [0.717, 1.165) is 19.3 Å². The maximum Gasteiger partial charge on any atom is 0.174 e. The van der Waals surface area contributed by atoms with E-state index in [9.17, 15) is 5.11 Å². The van der Waals surface area contributed by atoms with Crippen molar-refractivity contribution in [1.82, 2.24) is 0 Å². The van der Waals surface area contributed by atoms with Gasteiger partial charge in [-0.15, -0.1) is 0 Å². The van der Waals surface area contributed by atoms with Crippen molar-refractivity contribution in [3.63, 3.8) is 0 Å². The molecule has 1 saturated carbocycles. The second-order valence-electron chi connectivity index (χ2n) is 5.78. The number of hydrogen-bond donors (Lipinski definition) is 1. The van der Waals surface area contributed by atoms with E-state index in [1.807, 2.05) is 39.0 Å². The minimum absolute atomic E-state index is 0.0682. The van der Waals surface area contributed by atoms with Crippen molar-refractivity contribution in [1.29, 1.82) is 0 Å². The van der Waals surface area contributed by atoms with Crippen molar-refractivity contribution in [2.24, 2.45) is 5.92 Å². The third-order valence-corrected chi connectivity index (χ3v) is 4.15. The number of hydrogen-bond acceptors (Lipinski definition) is 3. The lowest BCUT2D eigenvalue weighted by molar-refractivity contribution is -0.188. The van der Waals surface area contributed by atoms with Crippen LogP contribution in [-0.2, 0) is 15.9 Å². The Morgan fingerprint density at radius 3 is 2.35 bits per heavy atom. The highest BCUT2D eigenvalue weighted by atomic mass is 16.7. The number of aryl methyl sites for hydroxylation is 1. The first-order valence-electron chi connectivity index (χ1n) is 7.58. The van der Waals surface area contributed by atoms with E-state index in [4.69, 9.17) is 9.47 Å². The van der Waals surface area contributed by atoms with Gasteiger partial charge in [-0.05, 0) is 39.2 Å². The summed E-state index contributed by atoms with van der Waals surface area (Å²) in [7, 11) is 0. The third kappa shape index (κ3) is 3.40. The molecule has 0 aromatic heterocycles. The summed E-state index contributed by atoms with van der Waals surface area (Å²) in [5.41, 5.74) is 0.507. The first-order chi connectivity index (χ1) is 9.54. The highest BCUT2D eigenvalue weighted by Crippen LogP contribution is 2.54. The Balaban J connectivity index is 1.94. The molecule has 3 nitrogen and oxygen atoms in total. The molecule has 112 valence electrons. The molecular weight excluding hydrogens is 252 g/mol. The van der Waals surface area contributed by atoms with Crippen LogP contribution in [0.4, 0.5) is 0 Å². The maximum atomic E-state index is 10.7. The fraction of sp³-hybridized carbons (Fsp3) is 0.647. The van der Waals surface area contributed by atoms with E-state index < -0.39 is 11.4 Å². The Labute approximate surface area is 121 Å². The zero-order valence-electron chi connectivity index (χ0n) is 12.8. The van der Waals surface area contributed by atoms with Crippen molar-refractivity contribution < 1.29 is 14.6 Å². The van der Waals surface area contributed by atoms with E-state index in [0.29, 0.717) is 13.2 Å². The molecule has 0 heterocycles. The minimum atomic E-state index is -0.750. The minimum Gasteiger partial charge on any atom is -0.390 e. The Kier molecular flexibility index (Phi) is 4.84. The van der Waals surface area contributed by atoms with Crippen LogP contribution in [0.1, 0.15) is 39.2 Å². The van der Waals surface area contributed by atoms with Gasteiger partial charge >= 0.3 is 0 Å². The van der Waals surface area contributed by atoms with Crippen molar-refractivity contribution in [3.8, 4) is 0 Å². The Morgan fingerprint density at radius 2 is 1.80 bits per heavy atom. The molecule has 0 spiro atoms. The summed E-state index contributed by atoms with van der Waals surface area (Å²) in [5.74, 6) is -0.484. The van der Waals surface area contributed by atoms with Gasteiger partial charge < -0.3 is 14.6 Å². The fourth-order valence-electron chi connectivity index (χ4n) is 2.98. The van der Waals surface area contributed by atoms with E-state index >= 15 is 0 Å². The molecule has 1 aliphatic carbocycles. The van der Waals surface area contributed by atoms with E-state index in [2.05, 4.69) is 12.1 Å². The zero-order chi connectivity index (χ0) is 14.6. The van der Waals surface area contributed by atoms with Crippen LogP contribution in [0.5, 0.6) is 0 Å². The van der Waals surface area contributed by atoms with Crippen LogP contribution in [0.25, 0.3) is 0 Å². The quantitative estimate of drug-likeness (QED) is 0.742. The highest BCUT2D eigenvalue weighted by Gasteiger charge is 2.64. The van der Waals surface area contributed by atoms with Gasteiger partial charge in [0.15, 0.2) is 5.79 Å². The Hall–Kier alpha value is -0.900. The normalized spacial score (nSPS) is 23.3. The lowest BCUT2D eigenvalue weighted by Crippen LogP contribution is -2.35. The monoisotopic (exact) mass is 278 g/mol. The van der Waals surface area contributed by atoms with Gasteiger partial charge in [0, 0.05) is 25.6 Å². The average Bonchev–Trinajstić information content (AvgIpc) is 3.14. The molecular formula is C17H26O3. The predicted molar refractivity (Wildman–Crippen MR) is 79.5 cm³/mol. The Morgan fingerprint density at radius 1 is 1.20 bits per heavy atom. The van der Waals surface area contributed by atoms with Crippen LogP contribution in [0.15, 0.2) is 30.3 Å². The average molecular weight is 278 g/mol. The van der Waals surface area contributed by atoms with E-state index in [1.165, 1.54) is 5.56 Å². The molecule has 2 rings (SSSR count). The molecule has 0 bridgehead atoms. The number of aliphatic hydroxyl groups is 1. The lowest BCUT2D eigenvalue weighted by atomic mass is 9.91. The van der Waals surface area contributed by atoms with Crippen LogP contribution in [0.2, 0.25) is 0 Å². The molecule has 2 unspecified atom stereocenters. The molecule has 3 heteroatoms. The standard InChI is InChI=1S/C17H26O3/c1-4-19-17(20-5-2)13-15(17)16(3,18)12-11-14-9-7-6-8-10-14/h6-10,15,18H,4-5,11-13H2,1-3H3. The largest absolute Gasteiger partial charge is 0.390 e. The van der Waals surface area contributed by atoms with Crippen LogP contribution < -0.4 is 0 Å². The van der Waals surface area contributed by atoms with Crippen LogP contribution in [-0.4, -0.2) is 29.7 Å². The maximum absolute atomic E-state index is 10.7. The van der Waals surface area contributed by atoms with E-state index in [1.54, 1.807) is 0 Å². The second kappa shape index (κ2) is 6.25. The van der Waals surface area contributed by atoms with Gasteiger partial charge in [0.1, 0.15) is 0 Å². The van der Waals surface area contributed by atoms with Gasteiger partial charge in [0.2, 0.25) is 0 Å². The van der Waals surface area contributed by atoms with E-state index in [-0.39, 0.29) is 5.92 Å². The molecule has 0 saturated heterocycles. The van der Waals surface area contributed by atoms with Crippen LogP contribution >= 0.6 is 0 Å². The molecule has 1 fully saturated rings. The molecule has 1 aromatic carbocycles. The van der Waals surface area contributed by atoms with Gasteiger partial charge in [-0.25, -0.2) is 0 Å². The lowest BCUT2D eigenvalue weighted by Gasteiger charge is -2.27. The first-order valence-corrected chi connectivity index (χ1v) is 7.58. The molecule has 20 heavy (non-hydrogen) atoms. The summed E-state index contributed by atoms with van der Waals surface area (Å²) in [4.78, 5) is 0. The first kappa shape index (κ1) is 15.5.